The summed E-state index contributed by atoms with van der Waals surface area (Å²) >= 11 is 0. The average Bonchev–Trinajstić information content (AvgIpc) is 2.99. The minimum absolute atomic E-state index is 0.530. The maximum atomic E-state index is 13.1. The minimum atomic E-state index is -3.36. The lowest BCUT2D eigenvalue weighted by Crippen LogP contribution is -2.39. The van der Waals surface area contributed by atoms with Crippen molar-refractivity contribution in [2.45, 2.75) is 70.6 Å². The van der Waals surface area contributed by atoms with Crippen molar-refractivity contribution in [3.05, 3.63) is 28.8 Å². The molecule has 1 aliphatic carbocycles. The molecule has 1 saturated heterocycles. The van der Waals surface area contributed by atoms with Crippen molar-refractivity contribution in [2.75, 3.05) is 13.1 Å². The van der Waals surface area contributed by atoms with Crippen LogP contribution in [0.5, 0.6) is 0 Å². The molecule has 0 spiro atoms. The third-order valence-corrected chi connectivity index (χ3v) is 8.12. The zero-order valence-electron chi connectivity index (χ0n) is 15.3. The van der Waals surface area contributed by atoms with Gasteiger partial charge in [-0.3, -0.25) is 0 Å². The van der Waals surface area contributed by atoms with Gasteiger partial charge in [0.05, 0.1) is 4.90 Å². The Morgan fingerprint density at radius 1 is 0.917 bits per heavy atom. The van der Waals surface area contributed by atoms with Gasteiger partial charge in [0.1, 0.15) is 0 Å². The van der Waals surface area contributed by atoms with Crippen LogP contribution < -0.4 is 0 Å². The van der Waals surface area contributed by atoms with Crippen LogP contribution in [-0.4, -0.2) is 25.8 Å². The van der Waals surface area contributed by atoms with Gasteiger partial charge in [-0.1, -0.05) is 43.4 Å². The molecule has 3 nitrogen and oxygen atoms in total. The molecule has 1 aromatic carbocycles. The first-order chi connectivity index (χ1) is 11.4. The molecule has 0 bridgehead atoms. The molecule has 2 fully saturated rings. The number of nitrogens with zero attached hydrogens (tertiary/aromatic N) is 1. The smallest absolute Gasteiger partial charge is 0.207 e. The van der Waals surface area contributed by atoms with Crippen LogP contribution in [-0.2, 0) is 10.0 Å². The fourth-order valence-corrected chi connectivity index (χ4v) is 6.69. The van der Waals surface area contributed by atoms with Crippen molar-refractivity contribution in [1.29, 1.82) is 0 Å². The molecule has 1 aromatic rings. The molecule has 24 heavy (non-hydrogen) atoms. The average molecular weight is 350 g/mol. The zero-order valence-corrected chi connectivity index (χ0v) is 16.2. The monoisotopic (exact) mass is 349 g/mol. The molecule has 0 N–H and O–H groups in total. The second-order valence-corrected chi connectivity index (χ2v) is 9.84. The van der Waals surface area contributed by atoms with Gasteiger partial charge in [0.2, 0.25) is 10.0 Å². The predicted molar refractivity (Wildman–Crippen MR) is 98.7 cm³/mol. The second kappa shape index (κ2) is 7.17. The Hall–Kier alpha value is -0.870. The van der Waals surface area contributed by atoms with E-state index in [2.05, 4.69) is 0 Å². The second-order valence-electron chi connectivity index (χ2n) is 7.96. The summed E-state index contributed by atoms with van der Waals surface area (Å²) in [6.45, 7) is 7.23. The van der Waals surface area contributed by atoms with Gasteiger partial charge in [0.25, 0.3) is 0 Å². The zero-order chi connectivity index (χ0) is 17.3. The van der Waals surface area contributed by atoms with E-state index in [1.165, 1.54) is 32.1 Å². The summed E-state index contributed by atoms with van der Waals surface area (Å²) < 4.78 is 28.0. The lowest BCUT2D eigenvalue weighted by atomic mass is 9.87. The summed E-state index contributed by atoms with van der Waals surface area (Å²) in [6.07, 6.45) is 8.93. The SMILES string of the molecule is Cc1cc(C)c(S(=O)(=O)N2CCC(CC3CCCC3)CC2)c(C)c1. The lowest BCUT2D eigenvalue weighted by molar-refractivity contribution is 0.238. The molecule has 0 radical (unpaired) electrons. The van der Waals surface area contributed by atoms with Crippen molar-refractivity contribution in [2.24, 2.45) is 11.8 Å². The Morgan fingerprint density at radius 3 is 1.96 bits per heavy atom. The van der Waals surface area contributed by atoms with E-state index in [0.29, 0.717) is 18.0 Å². The highest BCUT2D eigenvalue weighted by atomic mass is 32.2. The first kappa shape index (κ1) is 17.9. The predicted octanol–water partition coefficient (Wildman–Crippen LogP) is 4.59. The number of hydrogen-bond acceptors (Lipinski definition) is 2. The van der Waals surface area contributed by atoms with Gasteiger partial charge in [0, 0.05) is 13.1 Å². The highest BCUT2D eigenvalue weighted by Crippen LogP contribution is 2.35. The Kier molecular flexibility index (Phi) is 5.36. The summed E-state index contributed by atoms with van der Waals surface area (Å²) in [5, 5.41) is 0. The number of sulfonamides is 1. The summed E-state index contributed by atoms with van der Waals surface area (Å²) in [6, 6.07) is 3.96. The van der Waals surface area contributed by atoms with Gasteiger partial charge in [-0.25, -0.2) is 8.42 Å². The molecule has 1 heterocycles. The molecular formula is C20H31NO2S. The normalized spacial score (nSPS) is 21.5. The van der Waals surface area contributed by atoms with Gasteiger partial charge < -0.3 is 0 Å². The van der Waals surface area contributed by atoms with Gasteiger partial charge in [0.15, 0.2) is 0 Å². The number of benzene rings is 1. The van der Waals surface area contributed by atoms with Crippen LogP contribution in [0.3, 0.4) is 0 Å². The first-order valence-electron chi connectivity index (χ1n) is 9.46. The van der Waals surface area contributed by atoms with Gasteiger partial charge in [-0.15, -0.1) is 0 Å². The fraction of sp³-hybridized carbons (Fsp3) is 0.700. The Labute approximate surface area is 147 Å². The van der Waals surface area contributed by atoms with E-state index in [1.54, 1.807) is 4.31 Å². The topological polar surface area (TPSA) is 37.4 Å². The third-order valence-electron chi connectivity index (χ3n) is 5.92. The van der Waals surface area contributed by atoms with Crippen LogP contribution in [0.4, 0.5) is 0 Å². The summed E-state index contributed by atoms with van der Waals surface area (Å²) in [7, 11) is -3.36. The molecule has 4 heteroatoms. The highest BCUT2D eigenvalue weighted by molar-refractivity contribution is 7.89. The van der Waals surface area contributed by atoms with Crippen molar-refractivity contribution in [1.82, 2.24) is 4.31 Å². The van der Waals surface area contributed by atoms with Gasteiger partial charge >= 0.3 is 0 Å². The molecule has 2 aliphatic rings. The Morgan fingerprint density at radius 2 is 1.42 bits per heavy atom. The maximum absolute atomic E-state index is 13.1. The molecule has 0 amide bonds. The first-order valence-corrected chi connectivity index (χ1v) is 10.9. The largest absolute Gasteiger partial charge is 0.243 e. The lowest BCUT2D eigenvalue weighted by Gasteiger charge is -2.33. The standard InChI is InChI=1S/C20H31NO2S/c1-15-12-16(2)20(17(3)13-15)24(22,23)21-10-8-19(9-11-21)14-18-6-4-5-7-18/h12-13,18-19H,4-11,14H2,1-3H3. The molecule has 0 atom stereocenters. The van der Waals surface area contributed by atoms with Crippen LogP contribution in [0.25, 0.3) is 0 Å². The van der Waals surface area contributed by atoms with Crippen LogP contribution in [0.15, 0.2) is 17.0 Å². The molecular weight excluding hydrogens is 318 g/mol. The van der Waals surface area contributed by atoms with Crippen LogP contribution in [0, 0.1) is 32.6 Å². The van der Waals surface area contributed by atoms with Crippen molar-refractivity contribution >= 4 is 10.0 Å². The van der Waals surface area contributed by atoms with E-state index in [1.807, 2.05) is 32.9 Å². The van der Waals surface area contributed by atoms with Gasteiger partial charge in [-0.05, 0) is 63.0 Å². The number of hydrogen-bond donors (Lipinski definition) is 0. The van der Waals surface area contributed by atoms with E-state index in [0.717, 1.165) is 41.4 Å². The summed E-state index contributed by atoms with van der Waals surface area (Å²) in [4.78, 5) is 0.530. The van der Waals surface area contributed by atoms with Crippen LogP contribution in [0.1, 0.15) is 61.6 Å². The number of rotatable bonds is 4. The van der Waals surface area contributed by atoms with Gasteiger partial charge in [-0.2, -0.15) is 4.31 Å². The molecule has 3 rings (SSSR count). The molecule has 0 aromatic heterocycles. The fourth-order valence-electron chi connectivity index (χ4n) is 4.81. The van der Waals surface area contributed by atoms with E-state index in [9.17, 15) is 8.42 Å². The maximum Gasteiger partial charge on any atom is 0.243 e. The summed E-state index contributed by atoms with van der Waals surface area (Å²) in [5.74, 6) is 1.62. The van der Waals surface area contributed by atoms with Crippen LogP contribution >= 0.6 is 0 Å². The van der Waals surface area contributed by atoms with E-state index >= 15 is 0 Å². The third kappa shape index (κ3) is 3.70. The van der Waals surface area contributed by atoms with E-state index in [4.69, 9.17) is 0 Å². The van der Waals surface area contributed by atoms with Crippen molar-refractivity contribution < 1.29 is 8.42 Å². The van der Waals surface area contributed by atoms with E-state index < -0.39 is 10.0 Å². The molecule has 1 aliphatic heterocycles. The molecule has 1 saturated carbocycles. The summed E-state index contributed by atoms with van der Waals surface area (Å²) in [5.41, 5.74) is 2.88. The van der Waals surface area contributed by atoms with E-state index in [-0.39, 0.29) is 0 Å². The van der Waals surface area contributed by atoms with Crippen LogP contribution in [0.2, 0.25) is 0 Å². The van der Waals surface area contributed by atoms with Crippen molar-refractivity contribution in [3.8, 4) is 0 Å². The molecule has 0 unspecified atom stereocenters. The quantitative estimate of drug-likeness (QED) is 0.797. The Balaban J connectivity index is 1.69. The highest BCUT2D eigenvalue weighted by Gasteiger charge is 2.32. The Bertz CT molecular complexity index is 659. The number of aryl methyl sites for hydroxylation is 3. The van der Waals surface area contributed by atoms with Crippen molar-refractivity contribution in [3.63, 3.8) is 0 Å². The minimum Gasteiger partial charge on any atom is -0.207 e. The molecule has 134 valence electrons. The number of piperidine rings is 1.